The Morgan fingerprint density at radius 1 is 1.21 bits per heavy atom. The molecule has 0 radical (unpaired) electrons. The van der Waals surface area contributed by atoms with Crippen LogP contribution < -0.4 is 10.1 Å². The molecule has 3 heterocycles. The Bertz CT molecular complexity index is 985. The molecule has 1 aliphatic rings. The number of ether oxygens (including phenoxy) is 1. The molecule has 1 aromatic carbocycles. The summed E-state index contributed by atoms with van der Waals surface area (Å²) >= 11 is 3.19. The number of aromatic nitrogens is 3. The molecule has 1 saturated heterocycles. The van der Waals surface area contributed by atoms with Crippen LogP contribution in [0, 0.1) is 0 Å². The maximum Gasteiger partial charge on any atom is 0.230 e. The molecule has 1 atom stereocenters. The largest absolute Gasteiger partial charge is 0.497 e. The fourth-order valence-corrected chi connectivity index (χ4v) is 5.57. The Morgan fingerprint density at radius 2 is 2.03 bits per heavy atom. The molecule has 0 aliphatic carbocycles. The molecule has 1 fully saturated rings. The molecule has 1 unspecified atom stereocenters. The van der Waals surface area contributed by atoms with Crippen molar-refractivity contribution in [3.8, 4) is 5.75 Å². The Labute approximate surface area is 203 Å². The van der Waals surface area contributed by atoms with E-state index in [4.69, 9.17) is 4.74 Å². The zero-order valence-corrected chi connectivity index (χ0v) is 20.6. The SMILES string of the molecule is COc1ccc(C(CNC(=O)CSc2nncn2CCc2cccs2)N2CCCCC2)cc1. The van der Waals surface area contributed by atoms with Crippen molar-refractivity contribution in [3.63, 3.8) is 0 Å². The molecule has 1 aliphatic heterocycles. The van der Waals surface area contributed by atoms with Crippen LogP contribution in [-0.4, -0.2) is 58.1 Å². The maximum absolute atomic E-state index is 12.7. The summed E-state index contributed by atoms with van der Waals surface area (Å²) in [5.41, 5.74) is 1.21. The highest BCUT2D eigenvalue weighted by Crippen LogP contribution is 2.26. The number of carbonyl (C=O) groups excluding carboxylic acids is 1. The standard InChI is InChI=1S/C24H31N5O2S2/c1-31-20-9-7-19(8-10-20)22(28-12-3-2-4-13-28)16-25-23(30)17-33-24-27-26-18-29(24)14-11-21-6-5-15-32-21/h5-10,15,18,22H,2-4,11-14,16-17H2,1H3,(H,25,30). The van der Waals surface area contributed by atoms with Gasteiger partial charge in [-0.1, -0.05) is 36.4 Å². The predicted molar refractivity (Wildman–Crippen MR) is 133 cm³/mol. The van der Waals surface area contributed by atoms with E-state index in [1.165, 1.54) is 41.5 Å². The van der Waals surface area contributed by atoms with Crippen molar-refractivity contribution in [2.24, 2.45) is 0 Å². The van der Waals surface area contributed by atoms with Crippen molar-refractivity contribution < 1.29 is 9.53 Å². The maximum atomic E-state index is 12.7. The van der Waals surface area contributed by atoms with E-state index in [0.717, 1.165) is 37.0 Å². The smallest absolute Gasteiger partial charge is 0.230 e. The highest BCUT2D eigenvalue weighted by molar-refractivity contribution is 7.99. The molecule has 7 nitrogen and oxygen atoms in total. The lowest BCUT2D eigenvalue weighted by Gasteiger charge is -2.35. The number of likely N-dealkylation sites (tertiary alicyclic amines) is 1. The van der Waals surface area contributed by atoms with E-state index in [-0.39, 0.29) is 11.9 Å². The summed E-state index contributed by atoms with van der Waals surface area (Å²) in [6.07, 6.45) is 6.37. The van der Waals surface area contributed by atoms with E-state index in [9.17, 15) is 4.79 Å². The van der Waals surface area contributed by atoms with Crippen molar-refractivity contribution in [3.05, 3.63) is 58.5 Å². The van der Waals surface area contributed by atoms with Gasteiger partial charge in [-0.05, 0) is 61.5 Å². The van der Waals surface area contributed by atoms with Crippen LogP contribution in [0.2, 0.25) is 0 Å². The van der Waals surface area contributed by atoms with Crippen LogP contribution in [0.1, 0.15) is 35.7 Å². The minimum Gasteiger partial charge on any atom is -0.497 e. The molecule has 2 aromatic heterocycles. The molecule has 4 rings (SSSR count). The number of rotatable bonds is 11. The first-order valence-corrected chi connectivity index (χ1v) is 13.3. The molecule has 0 spiro atoms. The van der Waals surface area contributed by atoms with Crippen LogP contribution in [0.15, 0.2) is 53.3 Å². The first-order chi connectivity index (χ1) is 16.2. The molecule has 1 N–H and O–H groups in total. The van der Waals surface area contributed by atoms with Gasteiger partial charge in [-0.3, -0.25) is 9.69 Å². The summed E-state index contributed by atoms with van der Waals surface area (Å²) in [6, 6.07) is 12.6. The lowest BCUT2D eigenvalue weighted by Crippen LogP contribution is -2.41. The summed E-state index contributed by atoms with van der Waals surface area (Å²) in [7, 11) is 1.68. The molecule has 1 amide bonds. The predicted octanol–water partition coefficient (Wildman–Crippen LogP) is 4.03. The number of methoxy groups -OCH3 is 1. The quantitative estimate of drug-likeness (QED) is 0.414. The summed E-state index contributed by atoms with van der Waals surface area (Å²) in [5.74, 6) is 1.19. The van der Waals surface area contributed by atoms with E-state index in [2.05, 4.69) is 50.1 Å². The number of thioether (sulfide) groups is 1. The summed E-state index contributed by atoms with van der Waals surface area (Å²) in [6.45, 7) is 3.53. The molecule has 0 bridgehead atoms. The van der Waals surface area contributed by atoms with Gasteiger partial charge in [0.2, 0.25) is 5.91 Å². The van der Waals surface area contributed by atoms with Crippen molar-refractivity contribution in [2.75, 3.05) is 32.5 Å². The van der Waals surface area contributed by atoms with Gasteiger partial charge >= 0.3 is 0 Å². The number of nitrogens with one attached hydrogen (secondary N) is 1. The highest BCUT2D eigenvalue weighted by atomic mass is 32.2. The number of amides is 1. The lowest BCUT2D eigenvalue weighted by atomic mass is 10.0. The van der Waals surface area contributed by atoms with Crippen molar-refractivity contribution in [2.45, 2.75) is 43.4 Å². The van der Waals surface area contributed by atoms with Crippen LogP contribution in [0.3, 0.4) is 0 Å². The van der Waals surface area contributed by atoms with Gasteiger partial charge < -0.3 is 14.6 Å². The Hall–Kier alpha value is -2.36. The van der Waals surface area contributed by atoms with Gasteiger partial charge in [-0.2, -0.15) is 0 Å². The van der Waals surface area contributed by atoms with Crippen molar-refractivity contribution >= 4 is 29.0 Å². The lowest BCUT2D eigenvalue weighted by molar-refractivity contribution is -0.118. The molecular weight excluding hydrogens is 454 g/mol. The molecule has 9 heteroatoms. The number of nitrogens with zero attached hydrogens (tertiary/aromatic N) is 4. The number of benzene rings is 1. The minimum absolute atomic E-state index is 0.0170. The van der Waals surface area contributed by atoms with Crippen molar-refractivity contribution in [1.82, 2.24) is 25.0 Å². The van der Waals surface area contributed by atoms with Crippen LogP contribution in [0.25, 0.3) is 0 Å². The second-order valence-corrected chi connectivity index (χ2v) is 10.1. The highest BCUT2D eigenvalue weighted by Gasteiger charge is 2.23. The van der Waals surface area contributed by atoms with Crippen molar-refractivity contribution in [1.29, 1.82) is 0 Å². The van der Waals surface area contributed by atoms with E-state index in [0.29, 0.717) is 12.3 Å². The molecule has 3 aromatic rings. The Morgan fingerprint density at radius 3 is 2.76 bits per heavy atom. The Kier molecular flexibility index (Phi) is 8.79. The normalized spacial score (nSPS) is 15.3. The van der Waals surface area contributed by atoms with Crippen LogP contribution in [0.5, 0.6) is 5.75 Å². The number of thiophene rings is 1. The molecular formula is C24H31N5O2S2. The van der Waals surface area contributed by atoms with E-state index in [1.807, 2.05) is 16.7 Å². The molecule has 0 saturated carbocycles. The topological polar surface area (TPSA) is 72.3 Å². The van der Waals surface area contributed by atoms with E-state index < -0.39 is 0 Å². The third-order valence-electron chi connectivity index (χ3n) is 5.92. The van der Waals surface area contributed by atoms with Crippen LogP contribution in [0.4, 0.5) is 0 Å². The zero-order valence-electron chi connectivity index (χ0n) is 19.0. The van der Waals surface area contributed by atoms with Gasteiger partial charge in [0.15, 0.2) is 5.16 Å². The van der Waals surface area contributed by atoms with Gasteiger partial charge in [0.1, 0.15) is 12.1 Å². The van der Waals surface area contributed by atoms with Crippen LogP contribution in [-0.2, 0) is 17.8 Å². The third-order valence-corrected chi connectivity index (χ3v) is 7.83. The Balaban J connectivity index is 1.30. The van der Waals surface area contributed by atoms with Crippen LogP contribution >= 0.6 is 23.1 Å². The average Bonchev–Trinajstić information content (AvgIpc) is 3.54. The zero-order chi connectivity index (χ0) is 22.9. The minimum atomic E-state index is 0.0170. The molecule has 33 heavy (non-hydrogen) atoms. The van der Waals surface area contributed by atoms with E-state index in [1.54, 1.807) is 24.8 Å². The van der Waals surface area contributed by atoms with Gasteiger partial charge in [-0.25, -0.2) is 0 Å². The van der Waals surface area contributed by atoms with E-state index >= 15 is 0 Å². The van der Waals surface area contributed by atoms with Gasteiger partial charge in [0, 0.05) is 18.0 Å². The second kappa shape index (κ2) is 12.2. The van der Waals surface area contributed by atoms with Gasteiger partial charge in [-0.15, -0.1) is 21.5 Å². The first kappa shape index (κ1) is 23.8. The first-order valence-electron chi connectivity index (χ1n) is 11.4. The monoisotopic (exact) mass is 485 g/mol. The average molecular weight is 486 g/mol. The van der Waals surface area contributed by atoms with Gasteiger partial charge in [0.25, 0.3) is 0 Å². The number of hydrogen-bond acceptors (Lipinski definition) is 7. The summed E-state index contributed by atoms with van der Waals surface area (Å²) in [4.78, 5) is 16.5. The fraction of sp³-hybridized carbons (Fsp3) is 0.458. The summed E-state index contributed by atoms with van der Waals surface area (Å²) < 4.78 is 7.33. The molecule has 176 valence electrons. The number of piperidine rings is 1. The van der Waals surface area contributed by atoms with Gasteiger partial charge in [0.05, 0.1) is 18.9 Å². The number of carbonyl (C=O) groups is 1. The number of aryl methyl sites for hydroxylation is 2. The third kappa shape index (κ3) is 6.82. The number of hydrogen-bond donors (Lipinski definition) is 1. The fourth-order valence-electron chi connectivity index (χ4n) is 4.10. The second-order valence-electron chi connectivity index (χ2n) is 8.11. The summed E-state index contributed by atoms with van der Waals surface area (Å²) in [5, 5.41) is 14.3.